The molecule has 0 unspecified atom stereocenters. The molecule has 82 valence electrons. The van der Waals surface area contributed by atoms with E-state index in [1.54, 1.807) is 18.2 Å². The first-order chi connectivity index (χ1) is 7.66. The van der Waals surface area contributed by atoms with E-state index in [2.05, 4.69) is 10.1 Å². The predicted octanol–water partition coefficient (Wildman–Crippen LogP) is 1.99. The highest BCUT2D eigenvalue weighted by molar-refractivity contribution is 6.35. The molecule has 6 heteroatoms. The summed E-state index contributed by atoms with van der Waals surface area (Å²) < 4.78 is 1.28. The molecule has 0 saturated heterocycles. The van der Waals surface area contributed by atoms with E-state index < -0.39 is 0 Å². The Bertz CT molecular complexity index is 568. The zero-order valence-corrected chi connectivity index (χ0v) is 9.61. The summed E-state index contributed by atoms with van der Waals surface area (Å²) in [5.74, 6) is 0. The molecule has 2 aromatic rings. The van der Waals surface area contributed by atoms with Crippen molar-refractivity contribution in [1.82, 2.24) is 14.8 Å². The number of hydrogen-bond acceptors (Lipinski definition) is 3. The summed E-state index contributed by atoms with van der Waals surface area (Å²) >= 11 is 11.8. The summed E-state index contributed by atoms with van der Waals surface area (Å²) in [6.45, 7) is 0.303. The lowest BCUT2D eigenvalue weighted by Crippen LogP contribution is -2.22. The molecular weight excluding hydrogens is 249 g/mol. The Morgan fingerprint density at radius 2 is 2.12 bits per heavy atom. The van der Waals surface area contributed by atoms with Gasteiger partial charge in [-0.1, -0.05) is 29.3 Å². The molecule has 0 aliphatic carbocycles. The molecule has 1 aromatic carbocycles. The van der Waals surface area contributed by atoms with Crippen LogP contribution in [0.3, 0.4) is 0 Å². The molecule has 2 rings (SSSR count). The Morgan fingerprint density at radius 3 is 2.81 bits per heavy atom. The van der Waals surface area contributed by atoms with Crippen molar-refractivity contribution in [2.45, 2.75) is 6.54 Å². The van der Waals surface area contributed by atoms with Crippen LogP contribution in [-0.4, -0.2) is 14.8 Å². The Balaban J connectivity index is 2.35. The number of halogens is 2. The van der Waals surface area contributed by atoms with Crippen LogP contribution in [0.1, 0.15) is 5.56 Å². The molecule has 0 aliphatic rings. The summed E-state index contributed by atoms with van der Waals surface area (Å²) in [6, 6.07) is 5.11. The van der Waals surface area contributed by atoms with E-state index in [-0.39, 0.29) is 5.56 Å². The van der Waals surface area contributed by atoms with Gasteiger partial charge < -0.3 is 0 Å². The molecule has 0 saturated carbocycles. The van der Waals surface area contributed by atoms with E-state index in [9.17, 15) is 4.79 Å². The quantitative estimate of drug-likeness (QED) is 0.825. The summed E-state index contributed by atoms with van der Waals surface area (Å²) in [4.78, 5) is 15.0. The van der Waals surface area contributed by atoms with Gasteiger partial charge in [0.1, 0.15) is 6.33 Å². The van der Waals surface area contributed by atoms with Crippen molar-refractivity contribution in [1.29, 1.82) is 0 Å². The van der Waals surface area contributed by atoms with Gasteiger partial charge in [-0.15, -0.1) is 0 Å². The fraction of sp³-hybridized carbons (Fsp3) is 0.100. The van der Waals surface area contributed by atoms with Gasteiger partial charge in [0.15, 0.2) is 0 Å². The summed E-state index contributed by atoms with van der Waals surface area (Å²) in [5.41, 5.74) is 0.514. The van der Waals surface area contributed by atoms with Gasteiger partial charge in [-0.25, -0.2) is 9.67 Å². The highest BCUT2D eigenvalue weighted by Gasteiger charge is 2.03. The predicted molar refractivity (Wildman–Crippen MR) is 61.9 cm³/mol. The summed E-state index contributed by atoms with van der Waals surface area (Å²) in [7, 11) is 0. The number of nitrogens with zero attached hydrogens (tertiary/aromatic N) is 3. The average Bonchev–Trinajstić information content (AvgIpc) is 2.25. The van der Waals surface area contributed by atoms with E-state index in [0.29, 0.717) is 16.6 Å². The van der Waals surface area contributed by atoms with Crippen molar-refractivity contribution in [2.24, 2.45) is 0 Å². The molecule has 4 nitrogen and oxygen atoms in total. The van der Waals surface area contributed by atoms with Crippen molar-refractivity contribution in [2.75, 3.05) is 0 Å². The Morgan fingerprint density at radius 1 is 1.31 bits per heavy atom. The van der Waals surface area contributed by atoms with Crippen LogP contribution in [0, 0.1) is 0 Å². The van der Waals surface area contributed by atoms with Gasteiger partial charge >= 0.3 is 0 Å². The van der Waals surface area contributed by atoms with E-state index in [0.717, 1.165) is 5.56 Å². The maximum atomic E-state index is 11.4. The molecule has 0 atom stereocenters. The fourth-order valence-corrected chi connectivity index (χ4v) is 1.71. The highest BCUT2D eigenvalue weighted by atomic mass is 35.5. The van der Waals surface area contributed by atoms with E-state index >= 15 is 0 Å². The zero-order valence-electron chi connectivity index (χ0n) is 8.10. The third-order valence-corrected chi connectivity index (χ3v) is 2.62. The molecule has 1 aromatic heterocycles. The van der Waals surface area contributed by atoms with Gasteiger partial charge in [0.05, 0.1) is 12.7 Å². The minimum Gasteiger partial charge on any atom is -0.266 e. The van der Waals surface area contributed by atoms with Crippen LogP contribution in [0.4, 0.5) is 0 Å². The van der Waals surface area contributed by atoms with Gasteiger partial charge in [-0.3, -0.25) is 4.79 Å². The molecule has 0 amide bonds. The second kappa shape index (κ2) is 4.63. The number of rotatable bonds is 2. The molecule has 0 aliphatic heterocycles. The number of hydrogen-bond donors (Lipinski definition) is 0. The van der Waals surface area contributed by atoms with Gasteiger partial charge in [0, 0.05) is 10.0 Å². The molecular formula is C10H7Cl2N3O. The fourth-order valence-electron chi connectivity index (χ4n) is 1.24. The topological polar surface area (TPSA) is 47.8 Å². The van der Waals surface area contributed by atoms with Crippen LogP contribution in [0.2, 0.25) is 10.0 Å². The Kier molecular flexibility index (Phi) is 3.22. The van der Waals surface area contributed by atoms with Gasteiger partial charge in [-0.05, 0) is 17.7 Å². The molecule has 16 heavy (non-hydrogen) atoms. The van der Waals surface area contributed by atoms with Crippen LogP contribution < -0.4 is 5.56 Å². The van der Waals surface area contributed by atoms with E-state index in [4.69, 9.17) is 23.2 Å². The summed E-state index contributed by atoms with van der Waals surface area (Å²) in [6.07, 6.45) is 2.52. The van der Waals surface area contributed by atoms with Crippen LogP contribution >= 0.6 is 23.2 Å². The van der Waals surface area contributed by atoms with Crippen molar-refractivity contribution in [3.05, 3.63) is 56.7 Å². The maximum Gasteiger partial charge on any atom is 0.285 e. The van der Waals surface area contributed by atoms with Gasteiger partial charge in [0.2, 0.25) is 0 Å². The molecule has 0 fully saturated rings. The second-order valence-electron chi connectivity index (χ2n) is 3.14. The standard InChI is InChI=1S/C10H7Cl2N3O/c11-8-2-1-7(9(12)3-8)5-15-10(16)4-13-6-14-15/h1-4,6H,5H2. The number of benzene rings is 1. The molecule has 0 N–H and O–H groups in total. The lowest BCUT2D eigenvalue weighted by molar-refractivity contribution is 0.625. The first-order valence-corrected chi connectivity index (χ1v) is 5.23. The minimum absolute atomic E-state index is 0.270. The van der Waals surface area contributed by atoms with Crippen molar-refractivity contribution >= 4 is 23.2 Å². The largest absolute Gasteiger partial charge is 0.285 e. The first kappa shape index (κ1) is 11.1. The second-order valence-corrected chi connectivity index (χ2v) is 3.98. The third kappa shape index (κ3) is 2.40. The zero-order chi connectivity index (χ0) is 11.5. The SMILES string of the molecule is O=c1cncnn1Cc1ccc(Cl)cc1Cl. The monoisotopic (exact) mass is 255 g/mol. The van der Waals surface area contributed by atoms with E-state index in [1.807, 2.05) is 0 Å². The summed E-state index contributed by atoms with van der Waals surface area (Å²) in [5, 5.41) is 4.91. The van der Waals surface area contributed by atoms with Crippen LogP contribution in [0.5, 0.6) is 0 Å². The normalized spacial score (nSPS) is 10.4. The van der Waals surface area contributed by atoms with Crippen molar-refractivity contribution < 1.29 is 0 Å². The molecule has 0 radical (unpaired) electrons. The molecule has 1 heterocycles. The van der Waals surface area contributed by atoms with E-state index in [1.165, 1.54) is 17.2 Å². The lowest BCUT2D eigenvalue weighted by atomic mass is 10.2. The highest BCUT2D eigenvalue weighted by Crippen LogP contribution is 2.21. The Hall–Kier alpha value is -1.39. The van der Waals surface area contributed by atoms with Crippen LogP contribution in [0.25, 0.3) is 0 Å². The minimum atomic E-state index is -0.270. The van der Waals surface area contributed by atoms with Crippen LogP contribution in [0.15, 0.2) is 35.5 Å². The van der Waals surface area contributed by atoms with Crippen molar-refractivity contribution in [3.63, 3.8) is 0 Å². The van der Waals surface area contributed by atoms with Gasteiger partial charge in [-0.2, -0.15) is 5.10 Å². The smallest absolute Gasteiger partial charge is 0.266 e. The van der Waals surface area contributed by atoms with Gasteiger partial charge in [0.25, 0.3) is 5.56 Å². The molecule has 0 spiro atoms. The first-order valence-electron chi connectivity index (χ1n) is 4.48. The third-order valence-electron chi connectivity index (χ3n) is 2.03. The number of aromatic nitrogens is 3. The van der Waals surface area contributed by atoms with Crippen LogP contribution in [-0.2, 0) is 6.54 Å². The Labute approximate surface area is 101 Å². The molecule has 0 bridgehead atoms. The maximum absolute atomic E-state index is 11.4. The lowest BCUT2D eigenvalue weighted by Gasteiger charge is -2.05. The average molecular weight is 256 g/mol. The van der Waals surface area contributed by atoms with Crippen molar-refractivity contribution in [3.8, 4) is 0 Å².